The molecule has 0 bridgehead atoms. The molecule has 9 heavy (non-hydrogen) atoms. The van der Waals surface area contributed by atoms with Crippen molar-refractivity contribution in [2.24, 2.45) is 0 Å². The van der Waals surface area contributed by atoms with Gasteiger partial charge >= 0.3 is 0 Å². The highest BCUT2D eigenvalue weighted by Crippen LogP contribution is 2.04. The van der Waals surface area contributed by atoms with E-state index in [0.29, 0.717) is 5.96 Å². The van der Waals surface area contributed by atoms with E-state index in [2.05, 4.69) is 0 Å². The summed E-state index contributed by atoms with van der Waals surface area (Å²) in [4.78, 5) is 1.88. The van der Waals surface area contributed by atoms with Gasteiger partial charge in [0.25, 0.3) is 0 Å². The zero-order valence-corrected chi connectivity index (χ0v) is 6.05. The molecule has 1 fully saturated rings. The van der Waals surface area contributed by atoms with E-state index in [1.165, 1.54) is 0 Å². The maximum atomic E-state index is 7.40. The van der Waals surface area contributed by atoms with E-state index in [-0.39, 0.29) is 0 Å². The molecule has 52 valence electrons. The van der Waals surface area contributed by atoms with Crippen molar-refractivity contribution in [3.63, 3.8) is 0 Å². The number of hydrazine groups is 1. The van der Waals surface area contributed by atoms with Crippen LogP contribution in [0.4, 0.5) is 0 Å². The van der Waals surface area contributed by atoms with Gasteiger partial charge in [0, 0.05) is 21.1 Å². The minimum Gasteiger partial charge on any atom is -0.330 e. The zero-order valence-electron chi connectivity index (χ0n) is 6.05. The van der Waals surface area contributed by atoms with Crippen LogP contribution >= 0.6 is 0 Å². The molecule has 1 aliphatic heterocycles. The molecule has 0 atom stereocenters. The Bertz CT molecular complexity index is 133. The second-order valence-electron chi connectivity index (χ2n) is 2.34. The van der Waals surface area contributed by atoms with Crippen molar-refractivity contribution in [3.8, 4) is 0 Å². The number of guanidine groups is 1. The van der Waals surface area contributed by atoms with Crippen molar-refractivity contribution < 1.29 is 0 Å². The molecule has 0 saturated carbocycles. The highest BCUT2D eigenvalue weighted by Gasteiger charge is 2.22. The lowest BCUT2D eigenvalue weighted by Crippen LogP contribution is -2.32. The molecule has 1 saturated heterocycles. The summed E-state index contributed by atoms with van der Waals surface area (Å²) in [6.07, 6.45) is 0. The first-order chi connectivity index (χ1) is 4.13. The molecule has 1 aliphatic rings. The highest BCUT2D eigenvalue weighted by atomic mass is 15.7. The fourth-order valence-corrected chi connectivity index (χ4v) is 0.878. The molecule has 0 unspecified atom stereocenters. The van der Waals surface area contributed by atoms with Crippen LogP contribution in [0.15, 0.2) is 0 Å². The SMILES string of the molecule is CN1CN(C)N(C)C1=N. The molecule has 1 heterocycles. The van der Waals surface area contributed by atoms with Crippen LogP contribution < -0.4 is 0 Å². The third-order valence-electron chi connectivity index (χ3n) is 1.60. The summed E-state index contributed by atoms with van der Waals surface area (Å²) in [5, 5.41) is 11.2. The fraction of sp³-hybridized carbons (Fsp3) is 0.800. The van der Waals surface area contributed by atoms with E-state index in [9.17, 15) is 0 Å². The number of nitrogens with zero attached hydrogens (tertiary/aromatic N) is 3. The summed E-state index contributed by atoms with van der Waals surface area (Å²) in [6.45, 7) is 0.815. The van der Waals surface area contributed by atoms with Crippen molar-refractivity contribution in [2.45, 2.75) is 0 Å². The Labute approximate surface area is 55.1 Å². The van der Waals surface area contributed by atoms with E-state index in [4.69, 9.17) is 5.41 Å². The zero-order chi connectivity index (χ0) is 7.02. The molecule has 1 rings (SSSR count). The molecule has 1 N–H and O–H groups in total. The van der Waals surface area contributed by atoms with Crippen molar-refractivity contribution >= 4 is 5.96 Å². The van der Waals surface area contributed by atoms with Crippen LogP contribution in [0, 0.1) is 5.41 Å². The van der Waals surface area contributed by atoms with E-state index < -0.39 is 0 Å². The average Bonchev–Trinajstić information content (AvgIpc) is 1.98. The van der Waals surface area contributed by atoms with Crippen LogP contribution in [0.2, 0.25) is 0 Å². The van der Waals surface area contributed by atoms with Crippen molar-refractivity contribution in [1.29, 1.82) is 5.41 Å². The summed E-state index contributed by atoms with van der Waals surface area (Å²) in [7, 11) is 5.74. The number of hydrogen-bond acceptors (Lipinski definition) is 2. The van der Waals surface area contributed by atoms with Crippen LogP contribution in [0.1, 0.15) is 0 Å². The molecule has 0 amide bonds. The molecule has 0 radical (unpaired) electrons. The number of nitrogens with one attached hydrogen (secondary N) is 1. The molecule has 4 heteroatoms. The van der Waals surface area contributed by atoms with Gasteiger partial charge < -0.3 is 4.90 Å². The summed E-state index contributed by atoms with van der Waals surface area (Å²) >= 11 is 0. The quantitative estimate of drug-likeness (QED) is 0.482. The van der Waals surface area contributed by atoms with Gasteiger partial charge in [0.2, 0.25) is 5.96 Å². The molecule has 0 aromatic rings. The Morgan fingerprint density at radius 2 is 1.89 bits per heavy atom. The maximum Gasteiger partial charge on any atom is 0.209 e. The summed E-state index contributed by atoms with van der Waals surface area (Å²) in [5.41, 5.74) is 0. The first kappa shape index (κ1) is 6.35. The van der Waals surface area contributed by atoms with Crippen LogP contribution in [0.3, 0.4) is 0 Å². The Hall–Kier alpha value is -0.770. The fourth-order valence-electron chi connectivity index (χ4n) is 0.878. The third kappa shape index (κ3) is 0.853. The van der Waals surface area contributed by atoms with Gasteiger partial charge in [0.05, 0.1) is 6.67 Å². The van der Waals surface area contributed by atoms with Gasteiger partial charge in [-0.05, 0) is 0 Å². The Balaban J connectivity index is 2.65. The monoisotopic (exact) mass is 128 g/mol. The topological polar surface area (TPSA) is 33.6 Å². The first-order valence-electron chi connectivity index (χ1n) is 2.87. The molecule has 0 spiro atoms. The Kier molecular flexibility index (Phi) is 1.32. The van der Waals surface area contributed by atoms with Crippen LogP contribution in [0.25, 0.3) is 0 Å². The molecule has 0 aliphatic carbocycles. The van der Waals surface area contributed by atoms with Gasteiger partial charge in [-0.2, -0.15) is 0 Å². The van der Waals surface area contributed by atoms with Gasteiger partial charge in [0.15, 0.2) is 0 Å². The van der Waals surface area contributed by atoms with Gasteiger partial charge in [-0.1, -0.05) is 0 Å². The van der Waals surface area contributed by atoms with Gasteiger partial charge in [-0.15, -0.1) is 0 Å². The number of rotatable bonds is 0. The first-order valence-corrected chi connectivity index (χ1v) is 2.87. The van der Waals surface area contributed by atoms with Crippen LogP contribution in [0.5, 0.6) is 0 Å². The predicted octanol–water partition coefficient (Wildman–Crippen LogP) is -0.397. The number of hydrogen-bond donors (Lipinski definition) is 1. The average molecular weight is 128 g/mol. The second kappa shape index (κ2) is 1.88. The summed E-state index contributed by atoms with van der Waals surface area (Å²) in [6, 6.07) is 0. The van der Waals surface area contributed by atoms with Gasteiger partial charge in [0.1, 0.15) is 0 Å². The molecule has 0 aromatic heterocycles. The minimum absolute atomic E-state index is 0.553. The van der Waals surface area contributed by atoms with Crippen LogP contribution in [-0.4, -0.2) is 48.7 Å². The highest BCUT2D eigenvalue weighted by molar-refractivity contribution is 5.77. The van der Waals surface area contributed by atoms with Crippen LogP contribution in [-0.2, 0) is 0 Å². The van der Waals surface area contributed by atoms with Crippen molar-refractivity contribution in [3.05, 3.63) is 0 Å². The molecular weight excluding hydrogens is 116 g/mol. The smallest absolute Gasteiger partial charge is 0.209 e. The Morgan fingerprint density at radius 3 is 2.00 bits per heavy atom. The normalized spacial score (nSPS) is 21.9. The van der Waals surface area contributed by atoms with Crippen molar-refractivity contribution in [2.75, 3.05) is 27.8 Å². The van der Waals surface area contributed by atoms with Gasteiger partial charge in [-0.3, -0.25) is 10.4 Å². The third-order valence-corrected chi connectivity index (χ3v) is 1.60. The minimum atomic E-state index is 0.553. The summed E-state index contributed by atoms with van der Waals surface area (Å²) < 4.78 is 0. The second-order valence-corrected chi connectivity index (χ2v) is 2.34. The Morgan fingerprint density at radius 1 is 1.33 bits per heavy atom. The van der Waals surface area contributed by atoms with Gasteiger partial charge in [-0.25, -0.2) is 5.01 Å². The maximum absolute atomic E-state index is 7.40. The summed E-state index contributed by atoms with van der Waals surface area (Å²) in [5.74, 6) is 0.553. The largest absolute Gasteiger partial charge is 0.330 e. The van der Waals surface area contributed by atoms with E-state index in [0.717, 1.165) is 6.67 Å². The van der Waals surface area contributed by atoms with E-state index in [1.54, 1.807) is 5.01 Å². The molecular formula is C5H12N4. The van der Waals surface area contributed by atoms with E-state index >= 15 is 0 Å². The lowest BCUT2D eigenvalue weighted by atomic mass is 10.8. The predicted molar refractivity (Wildman–Crippen MR) is 35.9 cm³/mol. The standard InChI is InChI=1S/C5H12N4/c1-7-4-8(2)9(3)5(7)6/h6H,4H2,1-3H3. The van der Waals surface area contributed by atoms with Crippen molar-refractivity contribution in [1.82, 2.24) is 14.9 Å². The lowest BCUT2D eigenvalue weighted by molar-refractivity contribution is 0.129. The lowest BCUT2D eigenvalue weighted by Gasteiger charge is -2.16. The molecule has 4 nitrogen and oxygen atoms in total. The van der Waals surface area contributed by atoms with E-state index in [1.807, 2.05) is 31.1 Å². The molecule has 0 aromatic carbocycles.